The van der Waals surface area contributed by atoms with Crippen LogP contribution in [0.1, 0.15) is 16.1 Å². The summed E-state index contributed by atoms with van der Waals surface area (Å²) in [7, 11) is 1.68. The van der Waals surface area contributed by atoms with E-state index >= 15 is 0 Å². The van der Waals surface area contributed by atoms with Crippen LogP contribution in [0.25, 0.3) is 0 Å². The largest absolute Gasteiger partial charge is 0.336 e. The van der Waals surface area contributed by atoms with Gasteiger partial charge >= 0.3 is 0 Å². The zero-order valence-electron chi connectivity index (χ0n) is 10.6. The van der Waals surface area contributed by atoms with Crippen molar-refractivity contribution in [3.63, 3.8) is 0 Å². The summed E-state index contributed by atoms with van der Waals surface area (Å²) in [6, 6.07) is 10.1. The normalized spacial score (nSPS) is 10.4. The molecule has 0 bridgehead atoms. The van der Waals surface area contributed by atoms with E-state index in [1.54, 1.807) is 43.4 Å². The lowest BCUT2D eigenvalue weighted by molar-refractivity contribution is 0.0779. The van der Waals surface area contributed by atoms with Crippen LogP contribution >= 0.6 is 34.8 Å². The Labute approximate surface area is 132 Å². The average molecular weight is 330 g/mol. The van der Waals surface area contributed by atoms with Gasteiger partial charge < -0.3 is 4.90 Å². The third-order valence-corrected chi connectivity index (χ3v) is 3.27. The van der Waals surface area contributed by atoms with Gasteiger partial charge in [0.15, 0.2) is 0 Å². The summed E-state index contributed by atoms with van der Waals surface area (Å²) in [6.07, 6.45) is 0. The van der Waals surface area contributed by atoms with Gasteiger partial charge in [0.1, 0.15) is 10.8 Å². The molecule has 1 amide bonds. The standard InChI is InChI=1S/C14H11Cl3N2O/c1-19(8-9-5-10(15)7-11(16)6-9)14(20)12-3-2-4-13(17)18-12/h2-7H,8H2,1H3. The van der Waals surface area contributed by atoms with Gasteiger partial charge in [0.2, 0.25) is 0 Å². The van der Waals surface area contributed by atoms with Crippen molar-refractivity contribution in [2.75, 3.05) is 7.05 Å². The van der Waals surface area contributed by atoms with Gasteiger partial charge in [-0.1, -0.05) is 40.9 Å². The molecule has 2 rings (SSSR count). The van der Waals surface area contributed by atoms with E-state index in [0.29, 0.717) is 22.3 Å². The molecule has 0 N–H and O–H groups in total. The molecule has 6 heteroatoms. The number of amides is 1. The Morgan fingerprint density at radius 1 is 1.15 bits per heavy atom. The molecule has 0 spiro atoms. The summed E-state index contributed by atoms with van der Waals surface area (Å²) in [6.45, 7) is 0.382. The summed E-state index contributed by atoms with van der Waals surface area (Å²) >= 11 is 17.6. The van der Waals surface area contributed by atoms with Crippen LogP contribution in [0, 0.1) is 0 Å². The lowest BCUT2D eigenvalue weighted by atomic mass is 10.2. The maximum absolute atomic E-state index is 12.2. The number of carbonyl (C=O) groups excluding carboxylic acids is 1. The van der Waals surface area contributed by atoms with Crippen molar-refractivity contribution >= 4 is 40.7 Å². The molecular formula is C14H11Cl3N2O. The van der Waals surface area contributed by atoms with Crippen LogP contribution in [-0.2, 0) is 6.54 Å². The molecule has 0 aliphatic heterocycles. The van der Waals surface area contributed by atoms with Gasteiger partial charge in [-0.3, -0.25) is 4.79 Å². The molecule has 0 aliphatic rings. The quantitative estimate of drug-likeness (QED) is 0.786. The van der Waals surface area contributed by atoms with Crippen molar-refractivity contribution < 1.29 is 4.79 Å². The topological polar surface area (TPSA) is 33.2 Å². The van der Waals surface area contributed by atoms with E-state index in [-0.39, 0.29) is 11.1 Å². The van der Waals surface area contributed by atoms with Crippen LogP contribution in [0.5, 0.6) is 0 Å². The van der Waals surface area contributed by atoms with E-state index in [4.69, 9.17) is 34.8 Å². The summed E-state index contributed by atoms with van der Waals surface area (Å²) in [5, 5.41) is 1.36. The van der Waals surface area contributed by atoms with Crippen LogP contribution in [0.4, 0.5) is 0 Å². The number of aromatic nitrogens is 1. The van der Waals surface area contributed by atoms with E-state index in [1.807, 2.05) is 0 Å². The highest BCUT2D eigenvalue weighted by molar-refractivity contribution is 6.34. The summed E-state index contributed by atoms with van der Waals surface area (Å²) < 4.78 is 0. The fourth-order valence-corrected chi connectivity index (χ4v) is 2.51. The number of hydrogen-bond donors (Lipinski definition) is 0. The highest BCUT2D eigenvalue weighted by atomic mass is 35.5. The van der Waals surface area contributed by atoms with E-state index in [2.05, 4.69) is 4.98 Å². The monoisotopic (exact) mass is 328 g/mol. The molecule has 3 nitrogen and oxygen atoms in total. The predicted octanol–water partition coefficient (Wildman–Crippen LogP) is 4.31. The SMILES string of the molecule is CN(Cc1cc(Cl)cc(Cl)c1)C(=O)c1cccc(Cl)n1. The zero-order chi connectivity index (χ0) is 14.7. The fraction of sp³-hybridized carbons (Fsp3) is 0.143. The van der Waals surface area contributed by atoms with E-state index < -0.39 is 0 Å². The van der Waals surface area contributed by atoms with Crippen molar-refractivity contribution in [1.29, 1.82) is 0 Å². The molecule has 0 fully saturated rings. The number of halogens is 3. The molecule has 104 valence electrons. The molecule has 20 heavy (non-hydrogen) atoms. The second-order valence-corrected chi connectivity index (χ2v) is 5.54. The molecule has 1 heterocycles. The van der Waals surface area contributed by atoms with Crippen LogP contribution in [-0.4, -0.2) is 22.8 Å². The summed E-state index contributed by atoms with van der Waals surface area (Å²) in [4.78, 5) is 17.7. The van der Waals surface area contributed by atoms with Gasteiger partial charge in [-0.25, -0.2) is 4.98 Å². The summed E-state index contributed by atoms with van der Waals surface area (Å²) in [5.74, 6) is -0.219. The van der Waals surface area contributed by atoms with Crippen molar-refractivity contribution in [2.45, 2.75) is 6.54 Å². The number of rotatable bonds is 3. The second-order valence-electron chi connectivity index (χ2n) is 4.28. The highest BCUT2D eigenvalue weighted by Crippen LogP contribution is 2.20. The third-order valence-electron chi connectivity index (χ3n) is 2.62. The Balaban J connectivity index is 2.15. The number of carbonyl (C=O) groups is 1. The Hall–Kier alpha value is -1.29. The molecular weight excluding hydrogens is 319 g/mol. The first kappa shape index (κ1) is 15.1. The molecule has 0 aliphatic carbocycles. The molecule has 0 unspecified atom stereocenters. The van der Waals surface area contributed by atoms with Gasteiger partial charge in [0.05, 0.1) is 0 Å². The Bertz CT molecular complexity index is 626. The van der Waals surface area contributed by atoms with Gasteiger partial charge in [-0.15, -0.1) is 0 Å². The van der Waals surface area contributed by atoms with Crippen LogP contribution in [0.3, 0.4) is 0 Å². The maximum atomic E-state index is 12.2. The van der Waals surface area contributed by atoms with E-state index in [0.717, 1.165) is 5.56 Å². The Morgan fingerprint density at radius 2 is 1.80 bits per heavy atom. The molecule has 0 radical (unpaired) electrons. The van der Waals surface area contributed by atoms with Gasteiger partial charge in [0, 0.05) is 23.6 Å². The van der Waals surface area contributed by atoms with E-state index in [1.165, 1.54) is 4.90 Å². The van der Waals surface area contributed by atoms with Crippen LogP contribution in [0.2, 0.25) is 15.2 Å². The highest BCUT2D eigenvalue weighted by Gasteiger charge is 2.14. The molecule has 1 aromatic heterocycles. The van der Waals surface area contributed by atoms with E-state index in [9.17, 15) is 4.79 Å². The first-order chi connectivity index (χ1) is 9.45. The van der Waals surface area contributed by atoms with Gasteiger partial charge in [-0.2, -0.15) is 0 Å². The first-order valence-electron chi connectivity index (χ1n) is 5.78. The van der Waals surface area contributed by atoms with Crippen molar-refractivity contribution in [2.24, 2.45) is 0 Å². The molecule has 0 saturated carbocycles. The average Bonchev–Trinajstić information content (AvgIpc) is 2.36. The molecule has 0 saturated heterocycles. The lowest BCUT2D eigenvalue weighted by Crippen LogP contribution is -2.27. The van der Waals surface area contributed by atoms with Gasteiger partial charge in [-0.05, 0) is 35.9 Å². The number of hydrogen-bond acceptors (Lipinski definition) is 2. The number of nitrogens with zero attached hydrogens (tertiary/aromatic N) is 2. The maximum Gasteiger partial charge on any atom is 0.272 e. The lowest BCUT2D eigenvalue weighted by Gasteiger charge is -2.17. The summed E-state index contributed by atoms with van der Waals surface area (Å²) in [5.41, 5.74) is 1.15. The number of benzene rings is 1. The minimum atomic E-state index is -0.219. The molecule has 0 atom stereocenters. The second kappa shape index (κ2) is 6.44. The smallest absolute Gasteiger partial charge is 0.272 e. The Morgan fingerprint density at radius 3 is 2.40 bits per heavy atom. The zero-order valence-corrected chi connectivity index (χ0v) is 12.9. The first-order valence-corrected chi connectivity index (χ1v) is 6.92. The van der Waals surface area contributed by atoms with Crippen molar-refractivity contribution in [3.8, 4) is 0 Å². The third kappa shape index (κ3) is 3.85. The van der Waals surface area contributed by atoms with Crippen molar-refractivity contribution in [1.82, 2.24) is 9.88 Å². The Kier molecular flexibility index (Phi) is 4.86. The number of pyridine rings is 1. The van der Waals surface area contributed by atoms with Crippen LogP contribution < -0.4 is 0 Å². The minimum Gasteiger partial charge on any atom is -0.336 e. The van der Waals surface area contributed by atoms with Crippen LogP contribution in [0.15, 0.2) is 36.4 Å². The van der Waals surface area contributed by atoms with Crippen molar-refractivity contribution in [3.05, 3.63) is 62.9 Å². The molecule has 1 aromatic carbocycles. The predicted molar refractivity (Wildman–Crippen MR) is 81.5 cm³/mol. The van der Waals surface area contributed by atoms with Gasteiger partial charge in [0.25, 0.3) is 5.91 Å². The molecule has 2 aromatic rings. The minimum absolute atomic E-state index is 0.219. The fourth-order valence-electron chi connectivity index (χ4n) is 1.77.